The van der Waals surface area contributed by atoms with E-state index in [4.69, 9.17) is 16.7 Å². The second kappa shape index (κ2) is 6.03. The van der Waals surface area contributed by atoms with Gasteiger partial charge in [-0.1, -0.05) is 23.7 Å². The summed E-state index contributed by atoms with van der Waals surface area (Å²) in [6, 6.07) is 7.37. The fourth-order valence-electron chi connectivity index (χ4n) is 2.35. The maximum atomic E-state index is 11.0. The van der Waals surface area contributed by atoms with Crippen LogP contribution >= 0.6 is 11.6 Å². The standard InChI is InChI=1S/C14H16ClNO2/c15-12-3-1-10(2-4-12)13(9-14(17)18)11-5-7-16-8-6-11/h1-4,9,11,16H,5-8H2,(H,17,18)/b13-9-. The SMILES string of the molecule is O=C(O)/C=C(/c1ccc(Cl)cc1)C1CCNCC1. The highest BCUT2D eigenvalue weighted by molar-refractivity contribution is 6.30. The largest absolute Gasteiger partial charge is 0.478 e. The molecule has 1 saturated heterocycles. The molecule has 0 unspecified atom stereocenters. The topological polar surface area (TPSA) is 49.3 Å². The van der Waals surface area contributed by atoms with Crippen molar-refractivity contribution in [2.45, 2.75) is 12.8 Å². The molecule has 4 heteroatoms. The second-order valence-corrected chi connectivity index (χ2v) is 4.91. The van der Waals surface area contributed by atoms with Crippen molar-refractivity contribution in [3.8, 4) is 0 Å². The number of halogens is 1. The third-order valence-corrected chi connectivity index (χ3v) is 3.49. The van der Waals surface area contributed by atoms with Crippen molar-refractivity contribution in [2.24, 2.45) is 5.92 Å². The van der Waals surface area contributed by atoms with Gasteiger partial charge < -0.3 is 10.4 Å². The van der Waals surface area contributed by atoms with Gasteiger partial charge in [0.25, 0.3) is 0 Å². The fourth-order valence-corrected chi connectivity index (χ4v) is 2.47. The molecule has 1 aliphatic rings. The van der Waals surface area contributed by atoms with Gasteiger partial charge in [0, 0.05) is 11.1 Å². The molecule has 1 aromatic carbocycles. The van der Waals surface area contributed by atoms with Gasteiger partial charge in [-0.25, -0.2) is 4.79 Å². The zero-order valence-corrected chi connectivity index (χ0v) is 10.8. The van der Waals surface area contributed by atoms with Crippen LogP contribution < -0.4 is 5.32 Å². The van der Waals surface area contributed by atoms with Gasteiger partial charge >= 0.3 is 5.97 Å². The number of hydrogen-bond acceptors (Lipinski definition) is 2. The van der Waals surface area contributed by atoms with Crippen molar-refractivity contribution in [3.63, 3.8) is 0 Å². The Morgan fingerprint density at radius 1 is 1.28 bits per heavy atom. The molecule has 1 aromatic rings. The Morgan fingerprint density at radius 3 is 2.44 bits per heavy atom. The molecule has 0 radical (unpaired) electrons. The van der Waals surface area contributed by atoms with Crippen molar-refractivity contribution in [1.29, 1.82) is 0 Å². The van der Waals surface area contributed by atoms with Gasteiger partial charge in [-0.2, -0.15) is 0 Å². The second-order valence-electron chi connectivity index (χ2n) is 4.47. The van der Waals surface area contributed by atoms with Gasteiger partial charge in [0.15, 0.2) is 0 Å². The average Bonchev–Trinajstić information content (AvgIpc) is 2.38. The summed E-state index contributed by atoms with van der Waals surface area (Å²) in [7, 11) is 0. The van der Waals surface area contributed by atoms with Gasteiger partial charge in [-0.3, -0.25) is 0 Å². The zero-order chi connectivity index (χ0) is 13.0. The Labute approximate surface area is 111 Å². The van der Waals surface area contributed by atoms with Gasteiger partial charge in [0.1, 0.15) is 0 Å². The number of hydrogen-bond donors (Lipinski definition) is 2. The smallest absolute Gasteiger partial charge is 0.328 e. The Hall–Kier alpha value is -1.32. The van der Waals surface area contributed by atoms with Crippen LogP contribution in [0.3, 0.4) is 0 Å². The highest BCUT2D eigenvalue weighted by Gasteiger charge is 2.19. The predicted molar refractivity (Wildman–Crippen MR) is 72.7 cm³/mol. The minimum Gasteiger partial charge on any atom is -0.478 e. The molecule has 0 atom stereocenters. The Balaban J connectivity index is 2.30. The number of rotatable bonds is 3. The minimum atomic E-state index is -0.890. The first kappa shape index (κ1) is 13.1. The van der Waals surface area contributed by atoms with E-state index < -0.39 is 5.97 Å². The minimum absolute atomic E-state index is 0.309. The number of piperidine rings is 1. The van der Waals surface area contributed by atoms with Gasteiger partial charge in [0.05, 0.1) is 0 Å². The first-order valence-electron chi connectivity index (χ1n) is 6.08. The van der Waals surface area contributed by atoms with Crippen LogP contribution in [0.25, 0.3) is 5.57 Å². The molecule has 3 nitrogen and oxygen atoms in total. The van der Waals surface area contributed by atoms with E-state index in [9.17, 15) is 4.79 Å². The fraction of sp³-hybridized carbons (Fsp3) is 0.357. The number of nitrogens with one attached hydrogen (secondary N) is 1. The van der Waals surface area contributed by atoms with Crippen molar-refractivity contribution in [3.05, 3.63) is 40.9 Å². The quantitative estimate of drug-likeness (QED) is 0.827. The summed E-state index contributed by atoms with van der Waals surface area (Å²) < 4.78 is 0. The highest BCUT2D eigenvalue weighted by atomic mass is 35.5. The molecule has 1 heterocycles. The first-order chi connectivity index (χ1) is 8.66. The van der Waals surface area contributed by atoms with E-state index >= 15 is 0 Å². The average molecular weight is 266 g/mol. The molecule has 0 amide bonds. The Bertz CT molecular complexity index is 447. The lowest BCUT2D eigenvalue weighted by molar-refractivity contribution is -0.131. The molecule has 96 valence electrons. The molecule has 0 aliphatic carbocycles. The summed E-state index contributed by atoms with van der Waals surface area (Å²) in [6.07, 6.45) is 3.28. The van der Waals surface area contributed by atoms with E-state index in [1.165, 1.54) is 6.08 Å². The number of benzene rings is 1. The van der Waals surface area contributed by atoms with E-state index in [2.05, 4.69) is 5.32 Å². The monoisotopic (exact) mass is 265 g/mol. The van der Waals surface area contributed by atoms with Crippen LogP contribution in [0, 0.1) is 5.92 Å². The van der Waals surface area contributed by atoms with Crippen molar-refractivity contribution >= 4 is 23.1 Å². The summed E-state index contributed by atoms with van der Waals surface area (Å²) >= 11 is 5.86. The number of aliphatic carboxylic acids is 1. The number of carbonyl (C=O) groups is 1. The van der Waals surface area contributed by atoms with Crippen molar-refractivity contribution in [2.75, 3.05) is 13.1 Å². The van der Waals surface area contributed by atoms with Gasteiger partial charge in [-0.15, -0.1) is 0 Å². The Morgan fingerprint density at radius 2 is 1.89 bits per heavy atom. The van der Waals surface area contributed by atoms with E-state index in [1.54, 1.807) is 12.1 Å². The molecular formula is C14H16ClNO2. The Kier molecular flexibility index (Phi) is 4.39. The normalized spacial score (nSPS) is 17.7. The maximum Gasteiger partial charge on any atom is 0.328 e. The number of carboxylic acids is 1. The van der Waals surface area contributed by atoms with Crippen LogP contribution in [0.1, 0.15) is 18.4 Å². The van der Waals surface area contributed by atoms with Crippen LogP contribution in [0.5, 0.6) is 0 Å². The lowest BCUT2D eigenvalue weighted by Gasteiger charge is -2.25. The summed E-state index contributed by atoms with van der Waals surface area (Å²) in [6.45, 7) is 1.88. The number of allylic oxidation sites excluding steroid dienone is 1. The maximum absolute atomic E-state index is 11.0. The van der Waals surface area contributed by atoms with Crippen molar-refractivity contribution in [1.82, 2.24) is 5.32 Å². The summed E-state index contributed by atoms with van der Waals surface area (Å²) in [5.74, 6) is -0.581. The summed E-state index contributed by atoms with van der Waals surface area (Å²) in [5.41, 5.74) is 1.86. The molecule has 1 fully saturated rings. The summed E-state index contributed by atoms with van der Waals surface area (Å²) in [4.78, 5) is 11.0. The van der Waals surface area contributed by atoms with E-state index in [0.717, 1.165) is 37.1 Å². The highest BCUT2D eigenvalue weighted by Crippen LogP contribution is 2.30. The summed E-state index contributed by atoms with van der Waals surface area (Å²) in [5, 5.41) is 13.0. The van der Waals surface area contributed by atoms with Crippen LogP contribution in [0.2, 0.25) is 5.02 Å². The molecule has 2 N–H and O–H groups in total. The molecule has 0 bridgehead atoms. The molecule has 0 aromatic heterocycles. The molecule has 0 saturated carbocycles. The van der Waals surface area contributed by atoms with Gasteiger partial charge in [-0.05, 0) is 55.1 Å². The first-order valence-corrected chi connectivity index (χ1v) is 6.46. The van der Waals surface area contributed by atoms with Crippen molar-refractivity contribution < 1.29 is 9.90 Å². The van der Waals surface area contributed by atoms with Crippen LogP contribution in [-0.4, -0.2) is 24.2 Å². The predicted octanol–water partition coefficient (Wildman–Crippen LogP) is 2.81. The molecule has 2 rings (SSSR count). The molecule has 18 heavy (non-hydrogen) atoms. The van der Waals surface area contributed by atoms with E-state index in [1.807, 2.05) is 12.1 Å². The van der Waals surface area contributed by atoms with Crippen LogP contribution in [-0.2, 0) is 4.79 Å². The molecule has 0 spiro atoms. The van der Waals surface area contributed by atoms with Crippen LogP contribution in [0.4, 0.5) is 0 Å². The third-order valence-electron chi connectivity index (χ3n) is 3.24. The zero-order valence-electron chi connectivity index (χ0n) is 10.0. The lowest BCUT2D eigenvalue weighted by Crippen LogP contribution is -2.28. The molecule has 1 aliphatic heterocycles. The lowest BCUT2D eigenvalue weighted by atomic mass is 9.85. The van der Waals surface area contributed by atoms with E-state index in [0.29, 0.717) is 10.9 Å². The third kappa shape index (κ3) is 3.34. The van der Waals surface area contributed by atoms with Crippen LogP contribution in [0.15, 0.2) is 30.3 Å². The van der Waals surface area contributed by atoms with E-state index in [-0.39, 0.29) is 0 Å². The van der Waals surface area contributed by atoms with Gasteiger partial charge in [0.2, 0.25) is 0 Å². The number of carboxylic acid groups (broad SMARTS) is 1. The molecular weight excluding hydrogens is 250 g/mol.